The fourth-order valence-corrected chi connectivity index (χ4v) is 4.29. The number of nitrogens with zero attached hydrogens (tertiary/aromatic N) is 7. The maximum atomic E-state index is 10.2. The summed E-state index contributed by atoms with van der Waals surface area (Å²) in [7, 11) is 0. The highest BCUT2D eigenvalue weighted by Crippen LogP contribution is 2.37. The number of hydrogen-bond donors (Lipinski definition) is 3. The molecule has 0 saturated heterocycles. The van der Waals surface area contributed by atoms with Gasteiger partial charge in [-0.25, -0.2) is 4.98 Å². The standard InChI is InChI=1S/C23H29N9O/c1-15-29-30-31-32(15)19-7-5-4-6-16(19)10-11-25-22-26-14-17(13-24)21(28-22)27-18-8-9-20(33)23(2,3)12-18/h4-7,14,18,20,33H,8-12H2,1-3H3,(H2,25,26,27,28)/t18-,20+/m1/s1. The highest BCUT2D eigenvalue weighted by atomic mass is 16.3. The molecule has 0 bridgehead atoms. The van der Waals surface area contributed by atoms with Gasteiger partial charge in [-0.15, -0.1) is 5.10 Å². The van der Waals surface area contributed by atoms with E-state index in [2.05, 4.69) is 56.0 Å². The lowest BCUT2D eigenvalue weighted by Gasteiger charge is -2.40. The molecule has 2 aromatic heterocycles. The summed E-state index contributed by atoms with van der Waals surface area (Å²) >= 11 is 0. The molecule has 0 spiro atoms. The van der Waals surface area contributed by atoms with E-state index < -0.39 is 0 Å². The van der Waals surface area contributed by atoms with Crippen LogP contribution in [0.2, 0.25) is 0 Å². The number of aromatic nitrogens is 6. The van der Waals surface area contributed by atoms with E-state index in [-0.39, 0.29) is 17.6 Å². The molecule has 3 aromatic rings. The van der Waals surface area contributed by atoms with Gasteiger partial charge < -0.3 is 15.7 Å². The first kappa shape index (κ1) is 22.6. The second-order valence-electron chi connectivity index (χ2n) is 9.14. The molecular formula is C23H29N9O. The van der Waals surface area contributed by atoms with Crippen molar-refractivity contribution in [2.75, 3.05) is 17.2 Å². The van der Waals surface area contributed by atoms with E-state index in [0.29, 0.717) is 23.9 Å². The Morgan fingerprint density at radius 3 is 2.82 bits per heavy atom. The van der Waals surface area contributed by atoms with Crippen LogP contribution in [0.25, 0.3) is 5.69 Å². The minimum absolute atomic E-state index is 0.143. The molecule has 3 N–H and O–H groups in total. The lowest BCUT2D eigenvalue weighted by molar-refractivity contribution is 0.00926. The molecule has 0 radical (unpaired) electrons. The lowest BCUT2D eigenvalue weighted by atomic mass is 9.73. The van der Waals surface area contributed by atoms with Gasteiger partial charge >= 0.3 is 0 Å². The van der Waals surface area contributed by atoms with Crippen molar-refractivity contribution in [2.24, 2.45) is 5.41 Å². The molecule has 172 valence electrons. The summed E-state index contributed by atoms with van der Waals surface area (Å²) < 4.78 is 1.72. The molecule has 1 saturated carbocycles. The predicted octanol–water partition coefficient (Wildman–Crippen LogP) is 2.64. The van der Waals surface area contributed by atoms with Crippen LogP contribution in [0.3, 0.4) is 0 Å². The van der Waals surface area contributed by atoms with Gasteiger partial charge in [0.05, 0.1) is 18.0 Å². The Morgan fingerprint density at radius 1 is 1.27 bits per heavy atom. The Balaban J connectivity index is 1.43. The van der Waals surface area contributed by atoms with Crippen LogP contribution in [0.15, 0.2) is 30.5 Å². The Bertz CT molecular complexity index is 1150. The van der Waals surface area contributed by atoms with Gasteiger partial charge in [-0.05, 0) is 60.1 Å². The summed E-state index contributed by atoms with van der Waals surface area (Å²) in [6, 6.07) is 10.3. The van der Waals surface area contributed by atoms with E-state index in [1.165, 1.54) is 0 Å². The molecule has 1 aromatic carbocycles. The van der Waals surface area contributed by atoms with Gasteiger partial charge in [-0.2, -0.15) is 14.9 Å². The first-order valence-corrected chi connectivity index (χ1v) is 11.2. The monoisotopic (exact) mass is 447 g/mol. The zero-order valence-electron chi connectivity index (χ0n) is 19.2. The summed E-state index contributed by atoms with van der Waals surface area (Å²) in [6.07, 6.45) is 4.31. The highest BCUT2D eigenvalue weighted by Gasteiger charge is 2.35. The quantitative estimate of drug-likeness (QED) is 0.499. The largest absolute Gasteiger partial charge is 0.393 e. The van der Waals surface area contributed by atoms with Gasteiger partial charge in [-0.1, -0.05) is 32.0 Å². The number of aliphatic hydroxyl groups excluding tert-OH is 1. The van der Waals surface area contributed by atoms with Crippen molar-refractivity contribution in [3.8, 4) is 11.8 Å². The molecule has 0 amide bonds. The second-order valence-corrected chi connectivity index (χ2v) is 9.14. The molecule has 1 fully saturated rings. The average molecular weight is 448 g/mol. The van der Waals surface area contributed by atoms with Crippen molar-refractivity contribution in [3.63, 3.8) is 0 Å². The van der Waals surface area contributed by atoms with Crippen molar-refractivity contribution in [3.05, 3.63) is 47.4 Å². The fraction of sp³-hybridized carbons (Fsp3) is 0.478. The summed E-state index contributed by atoms with van der Waals surface area (Å²) in [5.74, 6) is 1.71. The number of tetrazole rings is 1. The van der Waals surface area contributed by atoms with E-state index in [0.717, 1.165) is 42.8 Å². The number of nitrogens with one attached hydrogen (secondary N) is 2. The number of benzene rings is 1. The molecule has 10 heteroatoms. The van der Waals surface area contributed by atoms with Crippen LogP contribution >= 0.6 is 0 Å². The fourth-order valence-electron chi connectivity index (χ4n) is 4.29. The normalized spacial score (nSPS) is 19.6. The van der Waals surface area contributed by atoms with Crippen molar-refractivity contribution >= 4 is 11.8 Å². The number of rotatable bonds is 7. The molecule has 0 unspecified atom stereocenters. The number of para-hydroxylation sites is 1. The van der Waals surface area contributed by atoms with Crippen LogP contribution in [0.5, 0.6) is 0 Å². The van der Waals surface area contributed by atoms with Gasteiger partial charge in [0.2, 0.25) is 5.95 Å². The van der Waals surface area contributed by atoms with Crippen molar-refractivity contribution < 1.29 is 5.11 Å². The number of hydrogen-bond acceptors (Lipinski definition) is 9. The Kier molecular flexibility index (Phi) is 6.51. The average Bonchev–Trinajstić information content (AvgIpc) is 3.22. The summed E-state index contributed by atoms with van der Waals surface area (Å²) in [5.41, 5.74) is 2.26. The third-order valence-electron chi connectivity index (χ3n) is 6.24. The maximum absolute atomic E-state index is 10.2. The van der Waals surface area contributed by atoms with Crippen LogP contribution in [-0.4, -0.2) is 54.0 Å². The second kappa shape index (κ2) is 9.50. The van der Waals surface area contributed by atoms with Gasteiger partial charge in [0.1, 0.15) is 17.5 Å². The molecule has 1 aliphatic rings. The first-order valence-electron chi connectivity index (χ1n) is 11.2. The molecule has 0 aliphatic heterocycles. The molecule has 1 aliphatic carbocycles. The SMILES string of the molecule is Cc1nnnn1-c1ccccc1CCNc1ncc(C#N)c(N[C@@H]2CC[C@H](O)C(C)(C)C2)n1. The third-order valence-corrected chi connectivity index (χ3v) is 6.24. The van der Waals surface area contributed by atoms with Crippen molar-refractivity contribution in [2.45, 2.75) is 58.6 Å². The zero-order chi connectivity index (χ0) is 23.4. The zero-order valence-corrected chi connectivity index (χ0v) is 19.2. The van der Waals surface area contributed by atoms with E-state index in [9.17, 15) is 10.4 Å². The molecule has 33 heavy (non-hydrogen) atoms. The number of aryl methyl sites for hydroxylation is 1. The van der Waals surface area contributed by atoms with E-state index in [1.54, 1.807) is 10.9 Å². The Labute approximate surface area is 193 Å². The van der Waals surface area contributed by atoms with E-state index >= 15 is 0 Å². The summed E-state index contributed by atoms with van der Waals surface area (Å²) in [5, 5.41) is 38.2. The minimum atomic E-state index is -0.311. The molecule has 2 atom stereocenters. The third kappa shape index (κ3) is 5.09. The Hall–Kier alpha value is -3.58. The van der Waals surface area contributed by atoms with Crippen molar-refractivity contribution in [1.82, 2.24) is 30.2 Å². The van der Waals surface area contributed by atoms with Crippen molar-refractivity contribution in [1.29, 1.82) is 5.26 Å². The highest BCUT2D eigenvalue weighted by molar-refractivity contribution is 5.54. The lowest BCUT2D eigenvalue weighted by Crippen LogP contribution is -2.41. The number of anilines is 2. The summed E-state index contributed by atoms with van der Waals surface area (Å²) in [6.45, 7) is 6.60. The van der Waals surface area contributed by atoms with Crippen LogP contribution in [0.4, 0.5) is 11.8 Å². The van der Waals surface area contributed by atoms with E-state index in [1.807, 2.05) is 31.2 Å². The van der Waals surface area contributed by atoms with Crippen LogP contribution in [-0.2, 0) is 6.42 Å². The van der Waals surface area contributed by atoms with Gasteiger partial charge in [0.15, 0.2) is 5.82 Å². The van der Waals surface area contributed by atoms with Gasteiger partial charge in [0.25, 0.3) is 0 Å². The molecular weight excluding hydrogens is 418 g/mol. The van der Waals surface area contributed by atoms with Crippen LogP contribution in [0.1, 0.15) is 50.1 Å². The van der Waals surface area contributed by atoms with E-state index in [4.69, 9.17) is 0 Å². The topological polar surface area (TPSA) is 137 Å². The number of aliphatic hydroxyl groups is 1. The van der Waals surface area contributed by atoms with Crippen LogP contribution in [0, 0.1) is 23.7 Å². The Morgan fingerprint density at radius 2 is 2.09 bits per heavy atom. The molecule has 2 heterocycles. The minimum Gasteiger partial charge on any atom is -0.393 e. The van der Waals surface area contributed by atoms with Gasteiger partial charge in [-0.3, -0.25) is 0 Å². The van der Waals surface area contributed by atoms with Crippen LogP contribution < -0.4 is 10.6 Å². The predicted molar refractivity (Wildman–Crippen MR) is 124 cm³/mol. The summed E-state index contributed by atoms with van der Waals surface area (Å²) in [4.78, 5) is 8.87. The molecule has 4 rings (SSSR count). The maximum Gasteiger partial charge on any atom is 0.224 e. The first-order chi connectivity index (χ1) is 15.9. The van der Waals surface area contributed by atoms with Gasteiger partial charge in [0, 0.05) is 12.6 Å². The molecule has 10 nitrogen and oxygen atoms in total. The smallest absolute Gasteiger partial charge is 0.224 e. The number of nitriles is 1.